The number of aryl methyl sites for hydroxylation is 2. The molecule has 0 atom stereocenters. The second kappa shape index (κ2) is 7.49. The number of hydrogen-bond donors (Lipinski definition) is 1. The first-order chi connectivity index (χ1) is 12.4. The Morgan fingerprint density at radius 3 is 2.77 bits per heavy atom. The predicted molar refractivity (Wildman–Crippen MR) is 101 cm³/mol. The van der Waals surface area contributed by atoms with Crippen molar-refractivity contribution in [3.8, 4) is 0 Å². The number of nitrogens with one attached hydrogen (secondary N) is 1. The van der Waals surface area contributed by atoms with Crippen molar-refractivity contribution in [2.24, 2.45) is 0 Å². The molecule has 2 heterocycles. The highest BCUT2D eigenvalue weighted by Crippen LogP contribution is 2.25. The molecular weight excluding hydrogens is 330 g/mol. The van der Waals surface area contributed by atoms with Gasteiger partial charge in [-0.15, -0.1) is 0 Å². The van der Waals surface area contributed by atoms with E-state index in [1.54, 1.807) is 18.5 Å². The first-order valence-corrected chi connectivity index (χ1v) is 8.35. The zero-order chi connectivity index (χ0) is 18.7. The first kappa shape index (κ1) is 17.8. The molecule has 26 heavy (non-hydrogen) atoms. The Balaban J connectivity index is 1.72. The smallest absolute Gasteiger partial charge is 0.336 e. The Morgan fingerprint density at radius 1 is 1.23 bits per heavy atom. The molecule has 0 saturated carbocycles. The van der Waals surface area contributed by atoms with E-state index < -0.39 is 0 Å². The summed E-state index contributed by atoms with van der Waals surface area (Å²) in [4.78, 5) is 29.9. The van der Waals surface area contributed by atoms with Crippen LogP contribution in [0.5, 0.6) is 0 Å². The highest BCUT2D eigenvalue weighted by Gasteiger charge is 2.11. The lowest BCUT2D eigenvalue weighted by atomic mass is 10.1. The number of carbonyl (C=O) groups is 1. The van der Waals surface area contributed by atoms with Gasteiger partial charge < -0.3 is 9.73 Å². The standard InChI is InChI=1S/C20H21N3O3/c1-13-8-20(25)26-18-7-14(2)17(9-16(13)18)22-19(24)12-23(3)11-15-5-4-6-21-10-15/h4-10H,11-12H2,1-3H3,(H,22,24). The van der Waals surface area contributed by atoms with Gasteiger partial charge in [0.1, 0.15) is 5.58 Å². The zero-order valence-corrected chi connectivity index (χ0v) is 15.1. The Bertz CT molecular complexity index is 996. The van der Waals surface area contributed by atoms with Crippen molar-refractivity contribution in [2.75, 3.05) is 18.9 Å². The minimum absolute atomic E-state index is 0.103. The molecule has 3 rings (SSSR count). The monoisotopic (exact) mass is 351 g/mol. The molecule has 0 saturated heterocycles. The highest BCUT2D eigenvalue weighted by molar-refractivity contribution is 5.96. The summed E-state index contributed by atoms with van der Waals surface area (Å²) in [6.07, 6.45) is 3.52. The number of anilines is 1. The number of carbonyl (C=O) groups excluding carboxylic acids is 1. The molecule has 6 heteroatoms. The van der Waals surface area contributed by atoms with Gasteiger partial charge in [-0.3, -0.25) is 14.7 Å². The van der Waals surface area contributed by atoms with E-state index in [1.165, 1.54) is 6.07 Å². The number of rotatable bonds is 5. The summed E-state index contributed by atoms with van der Waals surface area (Å²) < 4.78 is 5.23. The molecule has 0 radical (unpaired) electrons. The minimum atomic E-state index is -0.372. The third kappa shape index (κ3) is 4.15. The number of amides is 1. The van der Waals surface area contributed by atoms with E-state index in [-0.39, 0.29) is 18.1 Å². The largest absolute Gasteiger partial charge is 0.423 e. The molecule has 2 aromatic heterocycles. The summed E-state index contributed by atoms with van der Waals surface area (Å²) in [5.41, 5.74) is 3.59. The molecule has 1 amide bonds. The Hall–Kier alpha value is -2.99. The van der Waals surface area contributed by atoms with Gasteiger partial charge >= 0.3 is 5.63 Å². The van der Waals surface area contributed by atoms with Gasteiger partial charge in [-0.05, 0) is 55.8 Å². The molecule has 0 spiro atoms. The maximum absolute atomic E-state index is 12.4. The topological polar surface area (TPSA) is 75.4 Å². The van der Waals surface area contributed by atoms with Gasteiger partial charge in [0, 0.05) is 36.1 Å². The summed E-state index contributed by atoms with van der Waals surface area (Å²) in [6.45, 7) is 4.62. The average Bonchev–Trinajstić information content (AvgIpc) is 2.56. The van der Waals surface area contributed by atoms with Crippen LogP contribution in [0.15, 0.2) is 51.9 Å². The lowest BCUT2D eigenvalue weighted by Crippen LogP contribution is -2.30. The van der Waals surface area contributed by atoms with Gasteiger partial charge in [0.2, 0.25) is 5.91 Å². The van der Waals surface area contributed by atoms with Crippen LogP contribution in [0.3, 0.4) is 0 Å². The fourth-order valence-electron chi connectivity index (χ4n) is 2.90. The number of aromatic nitrogens is 1. The Labute approximate surface area is 151 Å². The Morgan fingerprint density at radius 2 is 2.04 bits per heavy atom. The molecule has 0 aliphatic rings. The fraction of sp³-hybridized carbons (Fsp3) is 0.250. The van der Waals surface area contributed by atoms with E-state index in [4.69, 9.17) is 4.42 Å². The summed E-state index contributed by atoms with van der Waals surface area (Å²) in [5.74, 6) is -0.103. The average molecular weight is 351 g/mol. The molecule has 0 aliphatic heterocycles. The lowest BCUT2D eigenvalue weighted by Gasteiger charge is -2.17. The van der Waals surface area contributed by atoms with Crippen molar-refractivity contribution in [3.63, 3.8) is 0 Å². The van der Waals surface area contributed by atoms with Crippen molar-refractivity contribution in [2.45, 2.75) is 20.4 Å². The molecular formula is C20H21N3O3. The van der Waals surface area contributed by atoms with Gasteiger partial charge in [-0.1, -0.05) is 6.07 Å². The van der Waals surface area contributed by atoms with E-state index in [0.717, 1.165) is 22.1 Å². The number of hydrogen-bond acceptors (Lipinski definition) is 5. The molecule has 1 aromatic carbocycles. The number of nitrogens with zero attached hydrogens (tertiary/aromatic N) is 2. The third-order valence-electron chi connectivity index (χ3n) is 4.16. The van der Waals surface area contributed by atoms with Crippen LogP contribution in [0.2, 0.25) is 0 Å². The van der Waals surface area contributed by atoms with Gasteiger partial charge in [0.15, 0.2) is 0 Å². The van der Waals surface area contributed by atoms with Crippen LogP contribution in [-0.2, 0) is 11.3 Å². The van der Waals surface area contributed by atoms with Crippen LogP contribution in [0, 0.1) is 13.8 Å². The van der Waals surface area contributed by atoms with E-state index in [2.05, 4.69) is 10.3 Å². The van der Waals surface area contributed by atoms with Crippen molar-refractivity contribution in [3.05, 3.63) is 69.8 Å². The normalized spacial score (nSPS) is 11.1. The quantitative estimate of drug-likeness (QED) is 0.716. The molecule has 3 aromatic rings. The molecule has 0 bridgehead atoms. The lowest BCUT2D eigenvalue weighted by molar-refractivity contribution is -0.117. The van der Waals surface area contributed by atoms with E-state index in [9.17, 15) is 9.59 Å². The van der Waals surface area contributed by atoms with Crippen molar-refractivity contribution < 1.29 is 9.21 Å². The third-order valence-corrected chi connectivity index (χ3v) is 4.16. The van der Waals surface area contributed by atoms with Crippen LogP contribution < -0.4 is 10.9 Å². The van der Waals surface area contributed by atoms with Gasteiger partial charge in [-0.25, -0.2) is 4.79 Å². The molecule has 1 N–H and O–H groups in total. The number of pyridine rings is 1. The van der Waals surface area contributed by atoms with Crippen LogP contribution in [0.4, 0.5) is 5.69 Å². The van der Waals surface area contributed by atoms with Crippen LogP contribution in [0.1, 0.15) is 16.7 Å². The van der Waals surface area contributed by atoms with Gasteiger partial charge in [0.25, 0.3) is 0 Å². The van der Waals surface area contributed by atoms with Crippen LogP contribution in [-0.4, -0.2) is 29.4 Å². The predicted octanol–water partition coefficient (Wildman–Crippen LogP) is 2.88. The summed E-state index contributed by atoms with van der Waals surface area (Å²) in [6, 6.07) is 8.93. The SMILES string of the molecule is Cc1cc2oc(=O)cc(C)c2cc1NC(=O)CN(C)Cc1cccnc1. The van der Waals surface area contributed by atoms with Gasteiger partial charge in [0.05, 0.1) is 6.54 Å². The van der Waals surface area contributed by atoms with Crippen LogP contribution in [0.25, 0.3) is 11.0 Å². The zero-order valence-electron chi connectivity index (χ0n) is 15.1. The fourth-order valence-corrected chi connectivity index (χ4v) is 2.90. The molecule has 6 nitrogen and oxygen atoms in total. The van der Waals surface area contributed by atoms with E-state index in [1.807, 2.05) is 44.0 Å². The summed E-state index contributed by atoms with van der Waals surface area (Å²) in [7, 11) is 1.89. The maximum atomic E-state index is 12.4. The second-order valence-corrected chi connectivity index (χ2v) is 6.49. The molecule has 0 aliphatic carbocycles. The number of fused-ring (bicyclic) bond motifs is 1. The van der Waals surface area contributed by atoms with E-state index in [0.29, 0.717) is 17.8 Å². The highest BCUT2D eigenvalue weighted by atomic mass is 16.4. The summed E-state index contributed by atoms with van der Waals surface area (Å²) >= 11 is 0. The minimum Gasteiger partial charge on any atom is -0.423 e. The van der Waals surface area contributed by atoms with Crippen molar-refractivity contribution >= 4 is 22.6 Å². The number of likely N-dealkylation sites (N-methyl/N-ethyl adjacent to an activating group) is 1. The summed E-state index contributed by atoms with van der Waals surface area (Å²) in [5, 5.41) is 3.76. The van der Waals surface area contributed by atoms with Crippen molar-refractivity contribution in [1.29, 1.82) is 0 Å². The van der Waals surface area contributed by atoms with Crippen LogP contribution >= 0.6 is 0 Å². The second-order valence-electron chi connectivity index (χ2n) is 6.49. The van der Waals surface area contributed by atoms with Gasteiger partial charge in [-0.2, -0.15) is 0 Å². The molecule has 0 fully saturated rings. The maximum Gasteiger partial charge on any atom is 0.336 e. The molecule has 0 unspecified atom stereocenters. The molecule has 134 valence electrons. The number of benzene rings is 1. The Kier molecular flexibility index (Phi) is 5.14. The first-order valence-electron chi connectivity index (χ1n) is 8.35. The van der Waals surface area contributed by atoms with Crippen molar-refractivity contribution in [1.82, 2.24) is 9.88 Å². The van der Waals surface area contributed by atoms with E-state index >= 15 is 0 Å².